The van der Waals surface area contributed by atoms with Crippen molar-refractivity contribution < 1.29 is 24.6 Å². The average molecular weight is 318 g/mol. The number of carbonyl (C=O) groups excluding carboxylic acids is 1. The molecule has 0 aliphatic carbocycles. The van der Waals surface area contributed by atoms with Crippen LogP contribution in [0.3, 0.4) is 0 Å². The Morgan fingerprint density at radius 2 is 2.19 bits per heavy atom. The van der Waals surface area contributed by atoms with Gasteiger partial charge in [-0.25, -0.2) is 4.79 Å². The molecule has 118 valence electrons. The van der Waals surface area contributed by atoms with Crippen LogP contribution >= 0.6 is 11.9 Å². The molecule has 1 rings (SSSR count). The summed E-state index contributed by atoms with van der Waals surface area (Å²) in [7, 11) is 0. The van der Waals surface area contributed by atoms with Gasteiger partial charge in [-0.3, -0.25) is 9.59 Å². The van der Waals surface area contributed by atoms with Crippen molar-refractivity contribution in [2.24, 2.45) is 4.40 Å². The van der Waals surface area contributed by atoms with Gasteiger partial charge < -0.3 is 25.7 Å². The Labute approximate surface area is 125 Å². The number of hydrogen-bond donors (Lipinski definition) is 4. The van der Waals surface area contributed by atoms with E-state index < -0.39 is 23.9 Å². The highest BCUT2D eigenvalue weighted by molar-refractivity contribution is 7.98. The summed E-state index contributed by atoms with van der Waals surface area (Å²) in [6, 6.07) is -1.03. The highest BCUT2D eigenvalue weighted by Gasteiger charge is 2.21. The lowest BCUT2D eigenvalue weighted by Gasteiger charge is -2.29. The van der Waals surface area contributed by atoms with Gasteiger partial charge in [-0.05, 0) is 18.4 Å². The lowest BCUT2D eigenvalue weighted by molar-refractivity contribution is -0.140. The third kappa shape index (κ3) is 6.34. The van der Waals surface area contributed by atoms with Crippen LogP contribution in [-0.4, -0.2) is 70.3 Å². The summed E-state index contributed by atoms with van der Waals surface area (Å²) in [4.78, 5) is 34.2. The van der Waals surface area contributed by atoms with Crippen LogP contribution < -0.4 is 10.6 Å². The molecule has 1 heterocycles. The van der Waals surface area contributed by atoms with Crippen LogP contribution in [0, 0.1) is 0 Å². The van der Waals surface area contributed by atoms with Gasteiger partial charge in [-0.1, -0.05) is 0 Å². The minimum absolute atomic E-state index is 0.0566. The number of nitrogens with zero attached hydrogens (tertiary/aromatic N) is 2. The molecule has 0 aromatic heterocycles. The Morgan fingerprint density at radius 3 is 2.76 bits per heavy atom. The molecule has 0 aromatic carbocycles. The molecule has 4 N–H and O–H groups in total. The van der Waals surface area contributed by atoms with Crippen molar-refractivity contribution in [1.29, 1.82) is 0 Å². The largest absolute Gasteiger partial charge is 0.480 e. The maximum atomic E-state index is 10.9. The molecule has 1 fully saturated rings. The van der Waals surface area contributed by atoms with Gasteiger partial charge in [0.1, 0.15) is 12.6 Å². The average Bonchev–Trinajstić information content (AvgIpc) is 2.38. The smallest absolute Gasteiger partial charge is 0.327 e. The monoisotopic (exact) mass is 318 g/mol. The number of carbonyl (C=O) groups is 3. The van der Waals surface area contributed by atoms with Crippen molar-refractivity contribution in [2.75, 3.05) is 25.4 Å². The van der Waals surface area contributed by atoms with Gasteiger partial charge in [0, 0.05) is 25.8 Å². The lowest BCUT2D eigenvalue weighted by atomic mass is 10.3. The van der Waals surface area contributed by atoms with E-state index in [9.17, 15) is 14.4 Å². The van der Waals surface area contributed by atoms with Crippen molar-refractivity contribution in [3.63, 3.8) is 0 Å². The van der Waals surface area contributed by atoms with Crippen molar-refractivity contribution in [3.8, 4) is 0 Å². The van der Waals surface area contributed by atoms with Crippen LogP contribution in [0.25, 0.3) is 0 Å². The van der Waals surface area contributed by atoms with Gasteiger partial charge >= 0.3 is 11.9 Å². The van der Waals surface area contributed by atoms with E-state index in [1.807, 2.05) is 0 Å². The highest BCUT2D eigenvalue weighted by atomic mass is 32.2. The Kier molecular flexibility index (Phi) is 6.79. The number of guanidine groups is 1. The fourth-order valence-corrected chi connectivity index (χ4v) is 2.44. The number of carboxylic acid groups (broad SMARTS) is 2. The van der Waals surface area contributed by atoms with Gasteiger partial charge in [0.05, 0.1) is 0 Å². The van der Waals surface area contributed by atoms with Crippen LogP contribution in [-0.2, 0) is 14.4 Å². The first-order chi connectivity index (χ1) is 9.90. The molecular weight excluding hydrogens is 300 g/mol. The lowest BCUT2D eigenvalue weighted by Crippen LogP contribution is -2.49. The number of amides is 1. The minimum Gasteiger partial charge on any atom is -0.480 e. The second-order valence-electron chi connectivity index (χ2n) is 4.40. The SMILES string of the molecule is CC(=O)NC(CS/N=C1\NCCCN1CC(=O)O)C(=O)O. The molecule has 1 unspecified atom stereocenters. The molecule has 1 atom stereocenters. The molecule has 0 spiro atoms. The van der Waals surface area contributed by atoms with Crippen LogP contribution in [0.15, 0.2) is 4.40 Å². The molecule has 10 heteroatoms. The van der Waals surface area contributed by atoms with Crippen LogP contribution in [0.1, 0.15) is 13.3 Å². The Hall–Kier alpha value is -1.97. The zero-order valence-electron chi connectivity index (χ0n) is 11.5. The summed E-state index contributed by atoms with van der Waals surface area (Å²) >= 11 is 0.964. The highest BCUT2D eigenvalue weighted by Crippen LogP contribution is 2.09. The Morgan fingerprint density at radius 1 is 1.48 bits per heavy atom. The van der Waals surface area contributed by atoms with Gasteiger partial charge in [0.2, 0.25) is 11.9 Å². The van der Waals surface area contributed by atoms with E-state index in [0.717, 1.165) is 18.4 Å². The Balaban J connectivity index is 2.57. The number of carboxylic acids is 2. The first kappa shape index (κ1) is 17.1. The van der Waals surface area contributed by atoms with Crippen molar-refractivity contribution in [1.82, 2.24) is 15.5 Å². The number of rotatable bonds is 7. The van der Waals surface area contributed by atoms with Crippen LogP contribution in [0.5, 0.6) is 0 Å². The topological polar surface area (TPSA) is 131 Å². The summed E-state index contributed by atoms with van der Waals surface area (Å²) in [5, 5.41) is 23.0. The molecule has 1 aliphatic rings. The molecule has 0 aromatic rings. The third-order valence-electron chi connectivity index (χ3n) is 2.58. The normalized spacial score (nSPS) is 18.0. The van der Waals surface area contributed by atoms with Crippen molar-refractivity contribution >= 4 is 35.8 Å². The third-order valence-corrected chi connectivity index (χ3v) is 3.37. The van der Waals surface area contributed by atoms with E-state index in [4.69, 9.17) is 10.2 Å². The number of nitrogens with one attached hydrogen (secondary N) is 2. The number of hydrogen-bond acceptors (Lipinski definition) is 5. The summed E-state index contributed by atoms with van der Waals surface area (Å²) in [5.41, 5.74) is 0. The summed E-state index contributed by atoms with van der Waals surface area (Å²) in [5.74, 6) is -2.06. The van der Waals surface area contributed by atoms with Gasteiger partial charge in [-0.15, -0.1) is 0 Å². The van der Waals surface area contributed by atoms with Gasteiger partial charge in [-0.2, -0.15) is 4.40 Å². The summed E-state index contributed by atoms with van der Waals surface area (Å²) < 4.78 is 4.12. The molecule has 0 saturated carbocycles. The first-order valence-corrected chi connectivity index (χ1v) is 7.25. The van der Waals surface area contributed by atoms with Crippen LogP contribution in [0.4, 0.5) is 0 Å². The van der Waals surface area contributed by atoms with E-state index in [1.54, 1.807) is 4.90 Å². The van der Waals surface area contributed by atoms with E-state index >= 15 is 0 Å². The summed E-state index contributed by atoms with van der Waals surface area (Å²) in [6.45, 7) is 2.33. The second-order valence-corrected chi connectivity index (χ2v) is 5.17. The number of aliphatic carboxylic acids is 2. The van der Waals surface area contributed by atoms with Crippen LogP contribution in [0.2, 0.25) is 0 Å². The van der Waals surface area contributed by atoms with E-state index in [2.05, 4.69) is 15.0 Å². The predicted molar refractivity (Wildman–Crippen MR) is 77.0 cm³/mol. The second kappa shape index (κ2) is 8.35. The minimum atomic E-state index is -1.14. The maximum absolute atomic E-state index is 10.9. The molecule has 21 heavy (non-hydrogen) atoms. The quantitative estimate of drug-likeness (QED) is 0.438. The van der Waals surface area contributed by atoms with Crippen molar-refractivity contribution in [3.05, 3.63) is 0 Å². The van der Waals surface area contributed by atoms with E-state index in [-0.39, 0.29) is 12.3 Å². The Bertz CT molecular complexity index is 442. The zero-order valence-corrected chi connectivity index (χ0v) is 12.4. The fraction of sp³-hybridized carbons (Fsp3) is 0.636. The van der Waals surface area contributed by atoms with Crippen molar-refractivity contribution in [2.45, 2.75) is 19.4 Å². The molecule has 9 nitrogen and oxygen atoms in total. The molecule has 1 amide bonds. The molecule has 1 saturated heterocycles. The van der Waals surface area contributed by atoms with Gasteiger partial charge in [0.25, 0.3) is 0 Å². The maximum Gasteiger partial charge on any atom is 0.327 e. The molecule has 1 aliphatic heterocycles. The zero-order chi connectivity index (χ0) is 15.8. The van der Waals surface area contributed by atoms with Gasteiger partial charge in [0.15, 0.2) is 0 Å². The molecule has 0 bridgehead atoms. The molecular formula is C11H18N4O5S. The molecule has 0 radical (unpaired) electrons. The first-order valence-electron chi connectivity index (χ1n) is 6.30. The predicted octanol–water partition coefficient (Wildman–Crippen LogP) is -1.04. The fourth-order valence-electron chi connectivity index (χ4n) is 1.69. The van der Waals surface area contributed by atoms with E-state index in [0.29, 0.717) is 19.0 Å². The standard InChI is InChI=1S/C11H18N4O5S/c1-7(16)13-8(10(19)20)6-21-14-11-12-3-2-4-15(11)5-9(17)18/h8H,2-6H2,1H3,(H,12,14)(H,13,16)(H,17,18)(H,19,20). The summed E-state index contributed by atoms with van der Waals surface area (Å²) in [6.07, 6.45) is 0.806. The van der Waals surface area contributed by atoms with E-state index in [1.165, 1.54) is 6.92 Å².